The Balaban J connectivity index is 1.86. The molecule has 2 amide bonds. The molecule has 1 aliphatic rings. The maximum atomic E-state index is 12.0. The van der Waals surface area contributed by atoms with Crippen molar-refractivity contribution in [2.75, 3.05) is 13.2 Å². The number of hydroxylamine groups is 1. The fourth-order valence-corrected chi connectivity index (χ4v) is 1.63. The van der Waals surface area contributed by atoms with Gasteiger partial charge in [-0.05, 0) is 12.5 Å². The number of carbonyl (C=O) groups is 2. The first-order valence-corrected chi connectivity index (χ1v) is 6.11. The molecule has 0 unspecified atom stereocenters. The molecule has 20 heavy (non-hydrogen) atoms. The molecule has 1 aromatic rings. The van der Waals surface area contributed by atoms with E-state index in [0.29, 0.717) is 0 Å². The highest BCUT2D eigenvalue weighted by Gasteiger charge is 2.55. The largest absolute Gasteiger partial charge is 0.456 e. The molecule has 2 rings (SSSR count). The summed E-state index contributed by atoms with van der Waals surface area (Å²) in [6.45, 7) is 1.82. The average Bonchev–Trinajstić information content (AvgIpc) is 3.20. The Kier molecular flexibility index (Phi) is 4.21. The molecular weight excluding hydrogens is 264 g/mol. The van der Waals surface area contributed by atoms with Gasteiger partial charge in [-0.3, -0.25) is 4.84 Å². The zero-order chi connectivity index (χ0) is 14.6. The van der Waals surface area contributed by atoms with Gasteiger partial charge in [-0.1, -0.05) is 30.3 Å². The van der Waals surface area contributed by atoms with E-state index >= 15 is 0 Å². The van der Waals surface area contributed by atoms with Crippen LogP contribution in [0.4, 0.5) is 4.79 Å². The first-order valence-electron chi connectivity index (χ1n) is 6.11. The van der Waals surface area contributed by atoms with E-state index in [2.05, 4.69) is 0 Å². The summed E-state index contributed by atoms with van der Waals surface area (Å²) in [7, 11) is 0. The van der Waals surface area contributed by atoms with Gasteiger partial charge in [-0.15, -0.1) is 0 Å². The SMILES string of the molecule is C[C@@H](OC(=O)[C@@]1(CONC(N)=O)CO1)c1ccccc1. The Hall–Kier alpha value is -2.12. The van der Waals surface area contributed by atoms with Crippen LogP contribution < -0.4 is 11.2 Å². The van der Waals surface area contributed by atoms with Gasteiger partial charge >= 0.3 is 12.0 Å². The summed E-state index contributed by atoms with van der Waals surface area (Å²) in [4.78, 5) is 27.3. The van der Waals surface area contributed by atoms with E-state index in [4.69, 9.17) is 20.0 Å². The van der Waals surface area contributed by atoms with Crippen molar-refractivity contribution >= 4 is 12.0 Å². The molecule has 7 nitrogen and oxygen atoms in total. The van der Waals surface area contributed by atoms with E-state index < -0.39 is 23.7 Å². The van der Waals surface area contributed by atoms with Gasteiger partial charge in [0.25, 0.3) is 0 Å². The van der Waals surface area contributed by atoms with Crippen LogP contribution in [0.5, 0.6) is 0 Å². The van der Waals surface area contributed by atoms with Crippen LogP contribution in [0.25, 0.3) is 0 Å². The number of ether oxygens (including phenoxy) is 2. The highest BCUT2D eigenvalue weighted by Crippen LogP contribution is 2.31. The quantitative estimate of drug-likeness (QED) is 0.452. The molecule has 0 saturated carbocycles. The molecular formula is C13H16N2O5. The normalized spacial score (nSPS) is 21.9. The number of nitrogens with one attached hydrogen (secondary N) is 1. The Morgan fingerprint density at radius 2 is 2.10 bits per heavy atom. The van der Waals surface area contributed by atoms with Gasteiger partial charge < -0.3 is 15.2 Å². The fraction of sp³-hybridized carbons (Fsp3) is 0.385. The number of primary amides is 1. The predicted molar refractivity (Wildman–Crippen MR) is 68.3 cm³/mol. The minimum atomic E-state index is -1.15. The number of esters is 1. The third kappa shape index (κ3) is 3.46. The van der Waals surface area contributed by atoms with Crippen LogP contribution in [0.3, 0.4) is 0 Å². The zero-order valence-electron chi connectivity index (χ0n) is 11.0. The van der Waals surface area contributed by atoms with Crippen molar-refractivity contribution < 1.29 is 23.9 Å². The van der Waals surface area contributed by atoms with Gasteiger partial charge in [0.1, 0.15) is 12.7 Å². The lowest BCUT2D eigenvalue weighted by Gasteiger charge is -2.17. The lowest BCUT2D eigenvalue weighted by molar-refractivity contribution is -0.158. The van der Waals surface area contributed by atoms with Crippen LogP contribution >= 0.6 is 0 Å². The Labute approximate surface area is 115 Å². The molecule has 0 radical (unpaired) electrons. The number of benzene rings is 1. The van der Waals surface area contributed by atoms with Crippen molar-refractivity contribution in [1.82, 2.24) is 5.48 Å². The molecule has 108 valence electrons. The Bertz CT molecular complexity index is 487. The maximum absolute atomic E-state index is 12.0. The monoisotopic (exact) mass is 280 g/mol. The van der Waals surface area contributed by atoms with Gasteiger partial charge in [0.2, 0.25) is 5.60 Å². The van der Waals surface area contributed by atoms with E-state index in [9.17, 15) is 9.59 Å². The molecule has 1 heterocycles. The van der Waals surface area contributed by atoms with Crippen LogP contribution in [0.1, 0.15) is 18.6 Å². The average molecular weight is 280 g/mol. The van der Waals surface area contributed by atoms with Gasteiger partial charge in [0, 0.05) is 0 Å². The first-order chi connectivity index (χ1) is 9.53. The molecule has 0 aliphatic carbocycles. The lowest BCUT2D eigenvalue weighted by Crippen LogP contribution is -2.38. The molecule has 1 saturated heterocycles. The van der Waals surface area contributed by atoms with Crippen molar-refractivity contribution in [2.45, 2.75) is 18.6 Å². The molecule has 0 aromatic heterocycles. The molecule has 2 atom stereocenters. The summed E-state index contributed by atoms with van der Waals surface area (Å²) in [6.07, 6.45) is -0.395. The van der Waals surface area contributed by atoms with Crippen LogP contribution in [0.15, 0.2) is 30.3 Å². The highest BCUT2D eigenvalue weighted by molar-refractivity contribution is 5.82. The first kappa shape index (κ1) is 14.3. The number of nitrogens with two attached hydrogens (primary N) is 1. The van der Waals surface area contributed by atoms with E-state index in [1.165, 1.54) is 0 Å². The standard InChI is InChI=1S/C13H16N2O5/c1-9(10-5-3-2-4-6-10)20-11(16)13(7-18-13)8-19-15-12(14)17/h2-6,9H,7-8H2,1H3,(H3,14,15,17)/t9-,13+/m1/s1. The number of hydrogen-bond acceptors (Lipinski definition) is 5. The van der Waals surface area contributed by atoms with Crippen molar-refractivity contribution in [3.63, 3.8) is 0 Å². The molecule has 3 N–H and O–H groups in total. The summed E-state index contributed by atoms with van der Waals surface area (Å²) in [5.41, 5.74) is 6.51. The van der Waals surface area contributed by atoms with Crippen LogP contribution in [0, 0.1) is 0 Å². The van der Waals surface area contributed by atoms with Crippen LogP contribution in [-0.4, -0.2) is 30.8 Å². The van der Waals surface area contributed by atoms with E-state index in [1.807, 2.05) is 35.8 Å². The fourth-order valence-electron chi connectivity index (χ4n) is 1.63. The third-order valence-corrected chi connectivity index (χ3v) is 2.90. The predicted octanol–water partition coefficient (Wildman–Crippen LogP) is 0.660. The Morgan fingerprint density at radius 3 is 2.65 bits per heavy atom. The summed E-state index contributed by atoms with van der Waals surface area (Å²) < 4.78 is 10.4. The number of amides is 2. The van der Waals surface area contributed by atoms with Gasteiger partial charge in [0.05, 0.1) is 6.61 Å². The van der Waals surface area contributed by atoms with Gasteiger partial charge in [-0.2, -0.15) is 0 Å². The third-order valence-electron chi connectivity index (χ3n) is 2.90. The summed E-state index contributed by atoms with van der Waals surface area (Å²) in [5, 5.41) is 0. The van der Waals surface area contributed by atoms with E-state index in [-0.39, 0.29) is 13.2 Å². The molecule has 1 aliphatic heterocycles. The Morgan fingerprint density at radius 1 is 1.45 bits per heavy atom. The van der Waals surface area contributed by atoms with Gasteiger partial charge in [0.15, 0.2) is 0 Å². The summed E-state index contributed by atoms with van der Waals surface area (Å²) >= 11 is 0. The second kappa shape index (κ2) is 5.89. The lowest BCUT2D eigenvalue weighted by atomic mass is 10.1. The second-order valence-corrected chi connectivity index (χ2v) is 4.50. The van der Waals surface area contributed by atoms with Gasteiger partial charge in [-0.25, -0.2) is 15.1 Å². The minimum absolute atomic E-state index is 0.143. The van der Waals surface area contributed by atoms with E-state index in [1.54, 1.807) is 6.92 Å². The molecule has 0 bridgehead atoms. The van der Waals surface area contributed by atoms with E-state index in [0.717, 1.165) is 5.56 Å². The zero-order valence-corrected chi connectivity index (χ0v) is 11.0. The minimum Gasteiger partial charge on any atom is -0.456 e. The van der Waals surface area contributed by atoms with Crippen molar-refractivity contribution in [2.24, 2.45) is 5.73 Å². The number of rotatable bonds is 6. The summed E-state index contributed by atoms with van der Waals surface area (Å²) in [5.74, 6) is -0.528. The maximum Gasteiger partial charge on any atom is 0.344 e. The summed E-state index contributed by atoms with van der Waals surface area (Å²) in [6, 6.07) is 8.50. The van der Waals surface area contributed by atoms with Crippen LogP contribution in [-0.2, 0) is 19.1 Å². The number of epoxide rings is 1. The number of hydrogen-bond donors (Lipinski definition) is 2. The smallest absolute Gasteiger partial charge is 0.344 e. The van der Waals surface area contributed by atoms with Crippen molar-refractivity contribution in [3.05, 3.63) is 35.9 Å². The molecule has 0 spiro atoms. The van der Waals surface area contributed by atoms with Crippen molar-refractivity contribution in [1.29, 1.82) is 0 Å². The highest BCUT2D eigenvalue weighted by atomic mass is 16.7. The molecule has 1 aromatic carbocycles. The number of carbonyl (C=O) groups excluding carboxylic acids is 2. The van der Waals surface area contributed by atoms with Crippen molar-refractivity contribution in [3.8, 4) is 0 Å². The topological polar surface area (TPSA) is 103 Å². The second-order valence-electron chi connectivity index (χ2n) is 4.50. The number of urea groups is 1. The van der Waals surface area contributed by atoms with Crippen LogP contribution in [0.2, 0.25) is 0 Å². The molecule has 1 fully saturated rings. The molecule has 7 heteroatoms.